The molecule has 1 atom stereocenters. The fraction of sp³-hybridized carbons (Fsp3) is 0.333. The number of nitro benzene ring substituents is 1. The molecular weight excluding hydrogens is 256 g/mol. The van der Waals surface area contributed by atoms with Crippen LogP contribution in [0.2, 0.25) is 0 Å². The van der Waals surface area contributed by atoms with Crippen molar-refractivity contribution in [2.45, 2.75) is 26.3 Å². The van der Waals surface area contributed by atoms with Gasteiger partial charge >= 0.3 is 0 Å². The van der Waals surface area contributed by atoms with Gasteiger partial charge in [-0.25, -0.2) is 0 Å². The molecule has 5 heteroatoms. The van der Waals surface area contributed by atoms with E-state index in [-0.39, 0.29) is 11.7 Å². The lowest BCUT2D eigenvalue weighted by Gasteiger charge is -2.09. The predicted octanol–water partition coefficient (Wildman–Crippen LogP) is 3.92. The van der Waals surface area contributed by atoms with E-state index in [4.69, 9.17) is 4.42 Å². The summed E-state index contributed by atoms with van der Waals surface area (Å²) < 4.78 is 5.80. The molecule has 0 saturated carbocycles. The van der Waals surface area contributed by atoms with Crippen molar-refractivity contribution in [3.63, 3.8) is 0 Å². The molecule has 0 bridgehead atoms. The zero-order valence-corrected chi connectivity index (χ0v) is 11.6. The molecule has 0 aliphatic rings. The highest BCUT2D eigenvalue weighted by molar-refractivity contribution is 5.59. The molecule has 1 aromatic heterocycles. The molecule has 0 amide bonds. The lowest BCUT2D eigenvalue weighted by Crippen LogP contribution is -2.18. The fourth-order valence-electron chi connectivity index (χ4n) is 1.95. The number of rotatable bonds is 6. The molecule has 0 spiro atoms. The van der Waals surface area contributed by atoms with Crippen LogP contribution in [0.5, 0.6) is 0 Å². The van der Waals surface area contributed by atoms with Crippen LogP contribution < -0.4 is 5.32 Å². The molecule has 1 unspecified atom stereocenters. The lowest BCUT2D eigenvalue weighted by atomic mass is 10.1. The van der Waals surface area contributed by atoms with Crippen LogP contribution in [0.4, 0.5) is 5.69 Å². The maximum absolute atomic E-state index is 10.6. The van der Waals surface area contributed by atoms with E-state index in [2.05, 4.69) is 12.2 Å². The minimum absolute atomic E-state index is 0.0820. The predicted molar refractivity (Wildman–Crippen MR) is 77.5 cm³/mol. The number of benzene rings is 1. The van der Waals surface area contributed by atoms with Crippen LogP contribution in [0.25, 0.3) is 11.3 Å². The van der Waals surface area contributed by atoms with Crippen molar-refractivity contribution in [3.8, 4) is 11.3 Å². The SMILES string of the molecule is CCCNC(C)c1ccc(-c2ccc([N+](=O)[O-])cc2)o1. The number of hydrogen-bond donors (Lipinski definition) is 1. The van der Waals surface area contributed by atoms with Crippen LogP contribution in [0.3, 0.4) is 0 Å². The minimum Gasteiger partial charge on any atom is -0.459 e. The zero-order valence-electron chi connectivity index (χ0n) is 11.6. The third kappa shape index (κ3) is 3.24. The number of non-ortho nitro benzene ring substituents is 1. The van der Waals surface area contributed by atoms with Gasteiger partial charge in [0.2, 0.25) is 0 Å². The molecule has 0 aliphatic heterocycles. The van der Waals surface area contributed by atoms with Crippen LogP contribution in [0.15, 0.2) is 40.8 Å². The zero-order chi connectivity index (χ0) is 14.5. The molecule has 0 aliphatic carbocycles. The van der Waals surface area contributed by atoms with Gasteiger partial charge in [0.25, 0.3) is 5.69 Å². The summed E-state index contributed by atoms with van der Waals surface area (Å²) in [4.78, 5) is 10.2. The van der Waals surface area contributed by atoms with Gasteiger partial charge < -0.3 is 9.73 Å². The van der Waals surface area contributed by atoms with Gasteiger partial charge in [0.05, 0.1) is 11.0 Å². The Morgan fingerprint density at radius 2 is 1.95 bits per heavy atom. The van der Waals surface area contributed by atoms with Crippen molar-refractivity contribution >= 4 is 5.69 Å². The molecule has 1 heterocycles. The smallest absolute Gasteiger partial charge is 0.269 e. The molecule has 106 valence electrons. The van der Waals surface area contributed by atoms with Gasteiger partial charge in [-0.3, -0.25) is 10.1 Å². The Balaban J connectivity index is 2.13. The van der Waals surface area contributed by atoms with E-state index in [9.17, 15) is 10.1 Å². The molecular formula is C15H18N2O3. The molecule has 0 saturated heterocycles. The average molecular weight is 274 g/mol. The summed E-state index contributed by atoms with van der Waals surface area (Å²) in [5.74, 6) is 1.59. The number of nitrogens with zero attached hydrogens (tertiary/aromatic N) is 1. The molecule has 1 aromatic carbocycles. The van der Waals surface area contributed by atoms with E-state index < -0.39 is 4.92 Å². The van der Waals surface area contributed by atoms with E-state index in [0.29, 0.717) is 0 Å². The van der Waals surface area contributed by atoms with Gasteiger partial charge in [-0.15, -0.1) is 0 Å². The average Bonchev–Trinajstić information content (AvgIpc) is 2.94. The summed E-state index contributed by atoms with van der Waals surface area (Å²) in [5.41, 5.74) is 0.919. The Labute approximate surface area is 117 Å². The van der Waals surface area contributed by atoms with Gasteiger partial charge in [0, 0.05) is 17.7 Å². The summed E-state index contributed by atoms with van der Waals surface area (Å²) in [7, 11) is 0. The van der Waals surface area contributed by atoms with Crippen molar-refractivity contribution < 1.29 is 9.34 Å². The first-order valence-electron chi connectivity index (χ1n) is 6.69. The molecule has 0 fully saturated rings. The first-order valence-corrected chi connectivity index (χ1v) is 6.69. The molecule has 0 radical (unpaired) electrons. The van der Waals surface area contributed by atoms with Gasteiger partial charge in [-0.2, -0.15) is 0 Å². The van der Waals surface area contributed by atoms with Crippen LogP contribution >= 0.6 is 0 Å². The minimum atomic E-state index is -0.409. The van der Waals surface area contributed by atoms with E-state index in [1.54, 1.807) is 12.1 Å². The van der Waals surface area contributed by atoms with E-state index in [1.807, 2.05) is 19.1 Å². The summed E-state index contributed by atoms with van der Waals surface area (Å²) in [6.45, 7) is 5.10. The van der Waals surface area contributed by atoms with Crippen molar-refractivity contribution in [1.82, 2.24) is 5.32 Å². The monoisotopic (exact) mass is 274 g/mol. The van der Waals surface area contributed by atoms with Crippen molar-refractivity contribution in [2.75, 3.05) is 6.54 Å². The van der Waals surface area contributed by atoms with Gasteiger partial charge in [-0.05, 0) is 44.2 Å². The van der Waals surface area contributed by atoms with Crippen LogP contribution in [0.1, 0.15) is 32.1 Å². The van der Waals surface area contributed by atoms with Crippen LogP contribution in [-0.2, 0) is 0 Å². The van der Waals surface area contributed by atoms with Gasteiger partial charge in [0.1, 0.15) is 11.5 Å². The van der Waals surface area contributed by atoms with Crippen molar-refractivity contribution in [2.24, 2.45) is 0 Å². The quantitative estimate of drug-likeness (QED) is 0.640. The topological polar surface area (TPSA) is 68.3 Å². The molecule has 20 heavy (non-hydrogen) atoms. The highest BCUT2D eigenvalue weighted by Gasteiger charge is 2.12. The van der Waals surface area contributed by atoms with Gasteiger partial charge in [-0.1, -0.05) is 6.92 Å². The van der Waals surface area contributed by atoms with Crippen LogP contribution in [0, 0.1) is 10.1 Å². The summed E-state index contributed by atoms with van der Waals surface area (Å²) in [6.07, 6.45) is 1.07. The Bertz CT molecular complexity index is 575. The number of hydrogen-bond acceptors (Lipinski definition) is 4. The van der Waals surface area contributed by atoms with Crippen molar-refractivity contribution in [1.29, 1.82) is 0 Å². The van der Waals surface area contributed by atoms with E-state index >= 15 is 0 Å². The van der Waals surface area contributed by atoms with E-state index in [0.717, 1.165) is 30.0 Å². The first-order chi connectivity index (χ1) is 9.61. The maximum atomic E-state index is 10.6. The van der Waals surface area contributed by atoms with Gasteiger partial charge in [0.15, 0.2) is 0 Å². The number of nitro groups is 1. The first kappa shape index (κ1) is 14.3. The molecule has 5 nitrogen and oxygen atoms in total. The number of furan rings is 1. The second kappa shape index (κ2) is 6.34. The fourth-order valence-corrected chi connectivity index (χ4v) is 1.95. The highest BCUT2D eigenvalue weighted by atomic mass is 16.6. The Hall–Kier alpha value is -2.14. The third-order valence-electron chi connectivity index (χ3n) is 3.12. The normalized spacial score (nSPS) is 12.3. The highest BCUT2D eigenvalue weighted by Crippen LogP contribution is 2.26. The Morgan fingerprint density at radius 1 is 1.25 bits per heavy atom. The Morgan fingerprint density at radius 3 is 2.55 bits per heavy atom. The van der Waals surface area contributed by atoms with Crippen LogP contribution in [-0.4, -0.2) is 11.5 Å². The second-order valence-corrected chi connectivity index (χ2v) is 4.68. The maximum Gasteiger partial charge on any atom is 0.269 e. The third-order valence-corrected chi connectivity index (χ3v) is 3.12. The van der Waals surface area contributed by atoms with Crippen molar-refractivity contribution in [3.05, 3.63) is 52.3 Å². The summed E-state index contributed by atoms with van der Waals surface area (Å²) in [5, 5.41) is 14.0. The molecule has 2 aromatic rings. The lowest BCUT2D eigenvalue weighted by molar-refractivity contribution is -0.384. The summed E-state index contributed by atoms with van der Waals surface area (Å²) >= 11 is 0. The number of nitrogens with one attached hydrogen (secondary N) is 1. The second-order valence-electron chi connectivity index (χ2n) is 4.68. The largest absolute Gasteiger partial charge is 0.459 e. The van der Waals surface area contributed by atoms with E-state index in [1.165, 1.54) is 12.1 Å². The molecule has 2 rings (SSSR count). The standard InChI is InChI=1S/C15H18N2O3/c1-3-10-16-11(2)14-8-9-15(20-14)12-4-6-13(7-5-12)17(18)19/h4-9,11,16H,3,10H2,1-2H3. The summed E-state index contributed by atoms with van der Waals surface area (Å²) in [6, 6.07) is 10.3. The molecule has 1 N–H and O–H groups in total. The Kier molecular flexibility index (Phi) is 4.53.